The lowest BCUT2D eigenvalue weighted by Crippen LogP contribution is -1.98. The molecule has 1 aromatic heterocycles. The molecule has 3 nitrogen and oxygen atoms in total. The van der Waals surface area contributed by atoms with Crippen LogP contribution in [0.3, 0.4) is 0 Å². The molecule has 0 bridgehead atoms. The van der Waals surface area contributed by atoms with Gasteiger partial charge in [-0.3, -0.25) is 0 Å². The van der Waals surface area contributed by atoms with Crippen molar-refractivity contribution in [1.29, 1.82) is 0 Å². The summed E-state index contributed by atoms with van der Waals surface area (Å²) in [5.41, 5.74) is 0.827. The molecule has 1 heterocycles. The first kappa shape index (κ1) is 16.7. The summed E-state index contributed by atoms with van der Waals surface area (Å²) in [7, 11) is 0. The molecule has 0 aliphatic heterocycles. The number of rotatable bonds is 6. The number of hydrogen-bond donors (Lipinski definition) is 2. The van der Waals surface area contributed by atoms with Gasteiger partial charge >= 0.3 is 0 Å². The van der Waals surface area contributed by atoms with Crippen LogP contribution < -0.4 is 0 Å². The number of halogens is 2. The van der Waals surface area contributed by atoms with Gasteiger partial charge in [0.15, 0.2) is 0 Å². The maximum atomic E-state index is 13.3. The molecule has 1 unspecified atom stereocenters. The molecule has 2 aromatic rings. The van der Waals surface area contributed by atoms with Gasteiger partial charge in [-0.05, 0) is 24.5 Å². The average Bonchev–Trinajstić information content (AvgIpc) is 2.82. The van der Waals surface area contributed by atoms with Crippen LogP contribution in [0.5, 0.6) is 0 Å². The summed E-state index contributed by atoms with van der Waals surface area (Å²) in [5, 5.41) is 10.6. The molecule has 1 atom stereocenters. The molecule has 0 saturated carbocycles. The Hall–Kier alpha value is -1.66. The van der Waals surface area contributed by atoms with Crippen molar-refractivity contribution in [1.82, 2.24) is 9.97 Å². The Kier molecular flexibility index (Phi) is 5.37. The van der Waals surface area contributed by atoms with E-state index >= 15 is 0 Å². The monoisotopic (exact) mass is 324 g/mol. The predicted octanol–water partition coefficient (Wildman–Crippen LogP) is 4.57. The lowest BCUT2D eigenvalue weighted by atomic mass is 10.1. The fourth-order valence-electron chi connectivity index (χ4n) is 1.98. The molecular formula is C16H18F2N2OS. The van der Waals surface area contributed by atoms with Gasteiger partial charge in [-0.2, -0.15) is 0 Å². The Balaban J connectivity index is 2.34. The first-order valence-electron chi connectivity index (χ1n) is 6.93. The maximum absolute atomic E-state index is 13.3. The highest BCUT2D eigenvalue weighted by Gasteiger charge is 2.19. The number of nitrogens with zero attached hydrogens (tertiary/aromatic N) is 1. The predicted molar refractivity (Wildman–Crippen MR) is 82.9 cm³/mol. The number of hydrogen-bond acceptors (Lipinski definition) is 3. The van der Waals surface area contributed by atoms with E-state index in [1.54, 1.807) is 6.08 Å². The highest BCUT2D eigenvalue weighted by molar-refractivity contribution is 7.99. The normalized spacial score (nSPS) is 12.6. The molecule has 0 amide bonds. The third kappa shape index (κ3) is 3.96. The van der Waals surface area contributed by atoms with Crippen LogP contribution in [0.4, 0.5) is 8.78 Å². The van der Waals surface area contributed by atoms with Crippen molar-refractivity contribution in [2.75, 3.05) is 0 Å². The zero-order valence-corrected chi connectivity index (χ0v) is 13.3. The molecule has 0 aliphatic carbocycles. The van der Waals surface area contributed by atoms with Crippen LogP contribution in [0.25, 0.3) is 0 Å². The van der Waals surface area contributed by atoms with E-state index in [2.05, 4.69) is 16.5 Å². The summed E-state index contributed by atoms with van der Waals surface area (Å²) in [4.78, 5) is 7.89. The first-order valence-corrected chi connectivity index (χ1v) is 7.75. The number of H-pyrrole nitrogens is 1. The summed E-state index contributed by atoms with van der Waals surface area (Å²) < 4.78 is 26.6. The zero-order chi connectivity index (χ0) is 16.3. The zero-order valence-electron chi connectivity index (χ0n) is 12.4. The molecule has 0 radical (unpaired) electrons. The second-order valence-corrected chi connectivity index (χ2v) is 6.31. The van der Waals surface area contributed by atoms with Gasteiger partial charge in [-0.1, -0.05) is 31.7 Å². The van der Waals surface area contributed by atoms with Crippen molar-refractivity contribution < 1.29 is 13.9 Å². The highest BCUT2D eigenvalue weighted by Crippen LogP contribution is 2.34. The minimum absolute atomic E-state index is 0.137. The Morgan fingerprint density at radius 3 is 2.50 bits per heavy atom. The molecule has 2 N–H and O–H groups in total. The molecule has 6 heteroatoms. The van der Waals surface area contributed by atoms with Crippen LogP contribution >= 0.6 is 11.8 Å². The number of aliphatic hydroxyl groups is 1. The van der Waals surface area contributed by atoms with E-state index in [-0.39, 0.29) is 5.92 Å². The Morgan fingerprint density at radius 1 is 1.32 bits per heavy atom. The third-order valence-electron chi connectivity index (χ3n) is 3.05. The van der Waals surface area contributed by atoms with Crippen molar-refractivity contribution in [2.45, 2.75) is 42.2 Å². The van der Waals surface area contributed by atoms with Crippen LogP contribution in [0.2, 0.25) is 0 Å². The standard InChI is InChI=1S/C16H18F2N2OS/c1-4-5-13(21)15-19-14(9(2)3)16(20-15)22-12-7-10(17)6-11(18)8-12/h4,6-9,13,21H,1,5H2,2-3H3,(H,19,20). The topological polar surface area (TPSA) is 48.9 Å². The Bertz CT molecular complexity index is 650. The molecule has 0 aliphatic rings. The SMILES string of the molecule is C=CCC(O)c1nc(Sc2cc(F)cc(F)c2)c(C(C)C)[nH]1. The Morgan fingerprint density at radius 2 is 1.95 bits per heavy atom. The third-order valence-corrected chi connectivity index (χ3v) is 4.02. The lowest BCUT2D eigenvalue weighted by Gasteiger charge is -2.05. The van der Waals surface area contributed by atoms with Crippen molar-refractivity contribution >= 4 is 11.8 Å². The molecule has 0 spiro atoms. The maximum Gasteiger partial charge on any atom is 0.136 e. The van der Waals surface area contributed by atoms with Crippen molar-refractivity contribution in [2.24, 2.45) is 0 Å². The van der Waals surface area contributed by atoms with E-state index in [9.17, 15) is 13.9 Å². The van der Waals surface area contributed by atoms with E-state index in [4.69, 9.17) is 0 Å². The number of nitrogens with one attached hydrogen (secondary N) is 1. The van der Waals surface area contributed by atoms with Gasteiger partial charge in [-0.25, -0.2) is 13.8 Å². The average molecular weight is 324 g/mol. The number of aliphatic hydroxyl groups excluding tert-OH is 1. The minimum atomic E-state index is -0.770. The van der Waals surface area contributed by atoms with Gasteiger partial charge in [0.2, 0.25) is 0 Å². The highest BCUT2D eigenvalue weighted by atomic mass is 32.2. The molecular weight excluding hydrogens is 306 g/mol. The molecule has 118 valence electrons. The van der Waals surface area contributed by atoms with Crippen molar-refractivity contribution in [3.8, 4) is 0 Å². The van der Waals surface area contributed by atoms with Crippen LogP contribution in [0.15, 0.2) is 40.8 Å². The number of benzene rings is 1. The summed E-state index contributed by atoms with van der Waals surface area (Å²) in [6, 6.07) is 3.34. The lowest BCUT2D eigenvalue weighted by molar-refractivity contribution is 0.172. The summed E-state index contributed by atoms with van der Waals surface area (Å²) in [5.74, 6) is -0.687. The van der Waals surface area contributed by atoms with Gasteiger partial charge in [0.25, 0.3) is 0 Å². The van der Waals surface area contributed by atoms with Gasteiger partial charge in [0, 0.05) is 11.0 Å². The second-order valence-electron chi connectivity index (χ2n) is 5.24. The van der Waals surface area contributed by atoms with Gasteiger partial charge < -0.3 is 10.1 Å². The summed E-state index contributed by atoms with van der Waals surface area (Å²) >= 11 is 1.17. The van der Waals surface area contributed by atoms with Gasteiger partial charge in [0.1, 0.15) is 28.6 Å². The molecule has 1 aromatic carbocycles. The first-order chi connectivity index (χ1) is 10.4. The smallest absolute Gasteiger partial charge is 0.136 e. The molecule has 0 saturated heterocycles. The molecule has 0 fully saturated rings. The van der Waals surface area contributed by atoms with Crippen molar-refractivity contribution in [3.05, 3.63) is 54.0 Å². The minimum Gasteiger partial charge on any atom is -0.385 e. The van der Waals surface area contributed by atoms with E-state index in [0.29, 0.717) is 22.2 Å². The second kappa shape index (κ2) is 7.07. The van der Waals surface area contributed by atoms with E-state index < -0.39 is 17.7 Å². The molecule has 2 rings (SSSR count). The van der Waals surface area contributed by atoms with E-state index in [1.165, 1.54) is 23.9 Å². The summed E-state index contributed by atoms with van der Waals surface area (Å²) in [6.07, 6.45) is 1.22. The Labute approximate surface area is 132 Å². The van der Waals surface area contributed by atoms with Crippen LogP contribution in [-0.2, 0) is 0 Å². The van der Waals surface area contributed by atoms with Crippen LogP contribution in [0, 0.1) is 11.6 Å². The fraction of sp³-hybridized carbons (Fsp3) is 0.312. The fourth-order valence-corrected chi connectivity index (χ4v) is 3.09. The van der Waals surface area contributed by atoms with E-state index in [1.807, 2.05) is 13.8 Å². The van der Waals surface area contributed by atoms with E-state index in [0.717, 1.165) is 11.8 Å². The number of aromatic amines is 1. The number of imidazole rings is 1. The quantitative estimate of drug-likeness (QED) is 0.765. The van der Waals surface area contributed by atoms with Crippen LogP contribution in [-0.4, -0.2) is 15.1 Å². The largest absolute Gasteiger partial charge is 0.385 e. The van der Waals surface area contributed by atoms with Crippen LogP contribution in [0.1, 0.15) is 43.8 Å². The molecule has 22 heavy (non-hydrogen) atoms. The van der Waals surface area contributed by atoms with Crippen molar-refractivity contribution in [3.63, 3.8) is 0 Å². The number of aromatic nitrogens is 2. The van der Waals surface area contributed by atoms with Gasteiger partial charge in [0.05, 0.1) is 5.69 Å². The summed E-state index contributed by atoms with van der Waals surface area (Å²) in [6.45, 7) is 7.55. The van der Waals surface area contributed by atoms with Gasteiger partial charge in [-0.15, -0.1) is 6.58 Å².